The van der Waals surface area contributed by atoms with Gasteiger partial charge in [-0.15, -0.1) is 0 Å². The first-order valence-electron chi connectivity index (χ1n) is 9.47. The Labute approximate surface area is 175 Å². The van der Waals surface area contributed by atoms with Crippen LogP contribution in [0.1, 0.15) is 21.6 Å². The number of aromatic nitrogens is 1. The zero-order valence-electron chi connectivity index (χ0n) is 16.3. The highest BCUT2D eigenvalue weighted by molar-refractivity contribution is 7.92. The standard InChI is InChI=1S/C23H21N3O3S/c1-16-22(19-12-6-8-14-21(19)25-16)23(27)24-15-17-9-5-7-13-20(17)26-30(28,29)18-10-3-2-4-11-18/h2-14,25-26H,15H2,1H3,(H,24,27). The second kappa shape index (κ2) is 8.04. The highest BCUT2D eigenvalue weighted by atomic mass is 32.2. The zero-order chi connectivity index (χ0) is 21.1. The predicted molar refractivity (Wildman–Crippen MR) is 118 cm³/mol. The van der Waals surface area contributed by atoms with Gasteiger partial charge in [0.1, 0.15) is 0 Å². The van der Waals surface area contributed by atoms with Gasteiger partial charge in [0.05, 0.1) is 16.1 Å². The van der Waals surface area contributed by atoms with Crippen LogP contribution in [0.15, 0.2) is 83.8 Å². The third kappa shape index (κ3) is 3.92. The molecule has 0 aliphatic heterocycles. The number of H-pyrrole nitrogens is 1. The summed E-state index contributed by atoms with van der Waals surface area (Å²) < 4.78 is 28.0. The molecule has 0 bridgehead atoms. The van der Waals surface area contributed by atoms with Gasteiger partial charge in [0.2, 0.25) is 0 Å². The third-order valence-electron chi connectivity index (χ3n) is 4.88. The van der Waals surface area contributed by atoms with Gasteiger partial charge < -0.3 is 10.3 Å². The molecule has 0 unspecified atom stereocenters. The molecule has 1 aromatic heterocycles. The largest absolute Gasteiger partial charge is 0.358 e. The highest BCUT2D eigenvalue weighted by Gasteiger charge is 2.18. The SMILES string of the molecule is Cc1[nH]c2ccccc2c1C(=O)NCc1ccccc1NS(=O)(=O)c1ccccc1. The number of rotatable bonds is 6. The molecule has 1 amide bonds. The summed E-state index contributed by atoms with van der Waals surface area (Å²) in [6, 6.07) is 22.8. The minimum absolute atomic E-state index is 0.179. The average Bonchev–Trinajstić information content (AvgIpc) is 3.09. The van der Waals surface area contributed by atoms with E-state index in [4.69, 9.17) is 0 Å². The van der Waals surface area contributed by atoms with Gasteiger partial charge >= 0.3 is 0 Å². The molecular weight excluding hydrogens is 398 g/mol. The fourth-order valence-electron chi connectivity index (χ4n) is 3.41. The van der Waals surface area contributed by atoms with Crippen LogP contribution in [0.5, 0.6) is 0 Å². The number of nitrogens with one attached hydrogen (secondary N) is 3. The summed E-state index contributed by atoms with van der Waals surface area (Å²) in [5.41, 5.74) is 3.37. The molecular formula is C23H21N3O3S. The number of carbonyl (C=O) groups excluding carboxylic acids is 1. The first kappa shape index (κ1) is 19.7. The van der Waals surface area contributed by atoms with Gasteiger partial charge in [0.25, 0.3) is 15.9 Å². The molecule has 30 heavy (non-hydrogen) atoms. The highest BCUT2D eigenvalue weighted by Crippen LogP contribution is 2.23. The molecule has 0 saturated heterocycles. The minimum atomic E-state index is -3.72. The van der Waals surface area contributed by atoms with Crippen LogP contribution in [0.3, 0.4) is 0 Å². The van der Waals surface area contributed by atoms with Crippen molar-refractivity contribution in [2.75, 3.05) is 4.72 Å². The van der Waals surface area contributed by atoms with E-state index < -0.39 is 10.0 Å². The molecule has 0 radical (unpaired) electrons. The Morgan fingerprint density at radius 2 is 1.57 bits per heavy atom. The van der Waals surface area contributed by atoms with Crippen LogP contribution in [-0.4, -0.2) is 19.3 Å². The molecule has 0 atom stereocenters. The normalized spacial score (nSPS) is 11.4. The van der Waals surface area contributed by atoms with Gasteiger partial charge in [-0.05, 0) is 36.8 Å². The van der Waals surface area contributed by atoms with E-state index in [0.717, 1.165) is 16.6 Å². The van der Waals surface area contributed by atoms with Crippen molar-refractivity contribution in [2.45, 2.75) is 18.4 Å². The van der Waals surface area contributed by atoms with E-state index in [9.17, 15) is 13.2 Å². The lowest BCUT2D eigenvalue weighted by Crippen LogP contribution is -2.24. The Hall–Kier alpha value is -3.58. The Balaban J connectivity index is 1.55. The van der Waals surface area contributed by atoms with Crippen molar-refractivity contribution in [1.82, 2.24) is 10.3 Å². The van der Waals surface area contributed by atoms with E-state index in [0.29, 0.717) is 16.8 Å². The molecule has 0 spiro atoms. The van der Waals surface area contributed by atoms with Crippen molar-refractivity contribution in [3.63, 3.8) is 0 Å². The van der Waals surface area contributed by atoms with E-state index >= 15 is 0 Å². The van der Waals surface area contributed by atoms with Crippen molar-refractivity contribution in [2.24, 2.45) is 0 Å². The fraction of sp³-hybridized carbons (Fsp3) is 0.0870. The topological polar surface area (TPSA) is 91.1 Å². The van der Waals surface area contributed by atoms with E-state index in [1.54, 1.807) is 42.5 Å². The monoisotopic (exact) mass is 419 g/mol. The number of para-hydroxylation sites is 2. The first-order valence-corrected chi connectivity index (χ1v) is 11.0. The summed E-state index contributed by atoms with van der Waals surface area (Å²) in [7, 11) is -3.72. The number of hydrogen-bond acceptors (Lipinski definition) is 3. The van der Waals surface area contributed by atoms with Crippen LogP contribution >= 0.6 is 0 Å². The molecule has 0 saturated carbocycles. The number of aryl methyl sites for hydroxylation is 1. The number of amides is 1. The molecule has 6 nitrogen and oxygen atoms in total. The number of aromatic amines is 1. The first-order chi connectivity index (χ1) is 14.5. The molecule has 1 heterocycles. The maximum absolute atomic E-state index is 12.9. The zero-order valence-corrected chi connectivity index (χ0v) is 17.2. The number of hydrogen-bond donors (Lipinski definition) is 3. The van der Waals surface area contributed by atoms with Crippen molar-refractivity contribution in [3.8, 4) is 0 Å². The van der Waals surface area contributed by atoms with Crippen LogP contribution in [0.2, 0.25) is 0 Å². The summed E-state index contributed by atoms with van der Waals surface area (Å²) in [5.74, 6) is -0.217. The lowest BCUT2D eigenvalue weighted by Gasteiger charge is -2.13. The van der Waals surface area contributed by atoms with Gasteiger partial charge in [-0.1, -0.05) is 54.6 Å². The summed E-state index contributed by atoms with van der Waals surface area (Å²) in [5, 5.41) is 3.76. The number of fused-ring (bicyclic) bond motifs is 1. The second-order valence-corrected chi connectivity index (χ2v) is 8.61. The van der Waals surface area contributed by atoms with Gasteiger partial charge in [-0.3, -0.25) is 9.52 Å². The van der Waals surface area contributed by atoms with E-state index in [-0.39, 0.29) is 17.3 Å². The number of anilines is 1. The molecule has 3 aromatic carbocycles. The van der Waals surface area contributed by atoms with E-state index in [1.165, 1.54) is 12.1 Å². The Bertz CT molecular complexity index is 1310. The molecule has 7 heteroatoms. The summed E-state index contributed by atoms with van der Waals surface area (Å²) in [6.07, 6.45) is 0. The van der Waals surface area contributed by atoms with Gasteiger partial charge in [0.15, 0.2) is 0 Å². The molecule has 152 valence electrons. The number of benzene rings is 3. The Morgan fingerprint density at radius 1 is 0.900 bits per heavy atom. The van der Waals surface area contributed by atoms with Crippen LogP contribution in [-0.2, 0) is 16.6 Å². The Kier molecular flexibility index (Phi) is 5.29. The van der Waals surface area contributed by atoms with Crippen molar-refractivity contribution < 1.29 is 13.2 Å². The van der Waals surface area contributed by atoms with Crippen LogP contribution in [0.25, 0.3) is 10.9 Å². The lowest BCUT2D eigenvalue weighted by molar-refractivity contribution is 0.0952. The summed E-state index contributed by atoms with van der Waals surface area (Å²) in [4.78, 5) is 16.3. The quantitative estimate of drug-likeness (QED) is 0.437. The molecule has 4 rings (SSSR count). The van der Waals surface area contributed by atoms with Crippen LogP contribution in [0.4, 0.5) is 5.69 Å². The number of carbonyl (C=O) groups is 1. The molecule has 3 N–H and O–H groups in total. The fourth-order valence-corrected chi connectivity index (χ4v) is 4.53. The average molecular weight is 420 g/mol. The molecule has 4 aromatic rings. The smallest absolute Gasteiger partial charge is 0.261 e. The van der Waals surface area contributed by atoms with Gasteiger partial charge in [-0.2, -0.15) is 0 Å². The molecule has 0 fully saturated rings. The maximum atomic E-state index is 12.9. The predicted octanol–water partition coefficient (Wildman–Crippen LogP) is 4.21. The van der Waals surface area contributed by atoms with Crippen molar-refractivity contribution in [3.05, 3.63) is 95.7 Å². The summed E-state index contributed by atoms with van der Waals surface area (Å²) in [6.45, 7) is 2.04. The molecule has 0 aliphatic rings. The second-order valence-electron chi connectivity index (χ2n) is 6.93. The maximum Gasteiger partial charge on any atom is 0.261 e. The van der Waals surface area contributed by atoms with E-state index in [1.807, 2.05) is 31.2 Å². The Morgan fingerprint density at radius 3 is 2.37 bits per heavy atom. The minimum Gasteiger partial charge on any atom is -0.358 e. The third-order valence-corrected chi connectivity index (χ3v) is 6.26. The number of sulfonamides is 1. The lowest BCUT2D eigenvalue weighted by atomic mass is 10.1. The van der Waals surface area contributed by atoms with Crippen LogP contribution < -0.4 is 10.0 Å². The molecule has 0 aliphatic carbocycles. The van der Waals surface area contributed by atoms with Crippen LogP contribution in [0, 0.1) is 6.92 Å². The van der Waals surface area contributed by atoms with Crippen molar-refractivity contribution in [1.29, 1.82) is 0 Å². The van der Waals surface area contributed by atoms with Crippen molar-refractivity contribution >= 4 is 32.5 Å². The summed E-state index contributed by atoms with van der Waals surface area (Å²) >= 11 is 0. The van der Waals surface area contributed by atoms with Gasteiger partial charge in [-0.25, -0.2) is 8.42 Å². The van der Waals surface area contributed by atoms with E-state index in [2.05, 4.69) is 15.0 Å². The van der Waals surface area contributed by atoms with Gasteiger partial charge in [0, 0.05) is 23.1 Å².